The smallest absolute Gasteiger partial charge is 0.223 e. The zero-order valence-electron chi connectivity index (χ0n) is 11.9. The third-order valence-electron chi connectivity index (χ3n) is 3.67. The first-order valence-corrected chi connectivity index (χ1v) is 7.29. The van der Waals surface area contributed by atoms with Crippen LogP contribution in [0.2, 0.25) is 0 Å². The molecule has 19 heavy (non-hydrogen) atoms. The normalized spacial score (nSPS) is 22.4. The summed E-state index contributed by atoms with van der Waals surface area (Å²) in [5.74, 6) is 3.58. The predicted molar refractivity (Wildman–Crippen MR) is 80.2 cm³/mol. The van der Waals surface area contributed by atoms with Gasteiger partial charge in [-0.1, -0.05) is 20.3 Å². The summed E-state index contributed by atoms with van der Waals surface area (Å²) in [4.78, 5) is 8.42. The van der Waals surface area contributed by atoms with Gasteiger partial charge >= 0.3 is 0 Å². The Morgan fingerprint density at radius 2 is 2.00 bits per heavy atom. The van der Waals surface area contributed by atoms with E-state index in [4.69, 9.17) is 5.73 Å². The Labute approximate surface area is 115 Å². The molecule has 0 radical (unpaired) electrons. The van der Waals surface area contributed by atoms with Crippen LogP contribution in [0.4, 0.5) is 17.6 Å². The molecule has 2 rings (SSSR count). The molecule has 0 spiro atoms. The largest absolute Gasteiger partial charge is 0.370 e. The van der Waals surface area contributed by atoms with Crippen LogP contribution in [0.25, 0.3) is 0 Å². The molecule has 0 saturated heterocycles. The maximum Gasteiger partial charge on any atom is 0.223 e. The summed E-state index contributed by atoms with van der Waals surface area (Å²) in [5.41, 5.74) is 5.73. The molecule has 0 bridgehead atoms. The van der Waals surface area contributed by atoms with Crippen LogP contribution in [0.1, 0.15) is 39.5 Å². The lowest BCUT2D eigenvalue weighted by Crippen LogP contribution is -2.14. The lowest BCUT2D eigenvalue weighted by molar-refractivity contribution is 0.536. The number of hydrogen-bond acceptors (Lipinski definition) is 5. The average molecular weight is 263 g/mol. The third-order valence-corrected chi connectivity index (χ3v) is 3.67. The van der Waals surface area contributed by atoms with Gasteiger partial charge in [-0.15, -0.1) is 0 Å². The fourth-order valence-electron chi connectivity index (χ4n) is 2.66. The minimum absolute atomic E-state index is 0.323. The van der Waals surface area contributed by atoms with E-state index >= 15 is 0 Å². The van der Waals surface area contributed by atoms with E-state index in [0.29, 0.717) is 5.95 Å². The summed E-state index contributed by atoms with van der Waals surface area (Å²) in [6, 6.07) is 1.93. The number of nitrogens with one attached hydrogen (secondary N) is 2. The van der Waals surface area contributed by atoms with Gasteiger partial charge in [0.15, 0.2) is 0 Å². The first-order chi connectivity index (χ1) is 9.17. The third kappa shape index (κ3) is 4.26. The second-order valence-corrected chi connectivity index (χ2v) is 5.59. The van der Waals surface area contributed by atoms with Crippen molar-refractivity contribution < 1.29 is 0 Å². The Kier molecular flexibility index (Phi) is 4.82. The first kappa shape index (κ1) is 13.9. The zero-order chi connectivity index (χ0) is 13.7. The van der Waals surface area contributed by atoms with Crippen molar-refractivity contribution >= 4 is 17.6 Å². The molecular weight excluding hydrogens is 238 g/mol. The van der Waals surface area contributed by atoms with Crippen LogP contribution in [0.3, 0.4) is 0 Å². The molecular formula is C14H25N5. The number of rotatable bonds is 6. The summed E-state index contributed by atoms with van der Waals surface area (Å²) >= 11 is 0. The van der Waals surface area contributed by atoms with Crippen molar-refractivity contribution in [1.29, 1.82) is 0 Å². The minimum Gasteiger partial charge on any atom is -0.370 e. The lowest BCUT2D eigenvalue weighted by atomic mass is 10.1. The highest BCUT2D eigenvalue weighted by Crippen LogP contribution is 2.30. The second kappa shape index (κ2) is 6.59. The highest BCUT2D eigenvalue weighted by Gasteiger charge is 2.20. The lowest BCUT2D eigenvalue weighted by Gasteiger charge is -2.13. The highest BCUT2D eigenvalue weighted by molar-refractivity contribution is 5.50. The molecule has 0 aliphatic heterocycles. The van der Waals surface area contributed by atoms with E-state index in [1.54, 1.807) is 0 Å². The fraction of sp³-hybridized carbons (Fsp3) is 0.714. The van der Waals surface area contributed by atoms with Crippen molar-refractivity contribution in [2.24, 2.45) is 11.8 Å². The molecule has 1 aromatic heterocycles. The highest BCUT2D eigenvalue weighted by atomic mass is 15.1. The predicted octanol–water partition coefficient (Wildman–Crippen LogP) is 2.73. The zero-order valence-corrected chi connectivity index (χ0v) is 11.9. The number of nitrogens with two attached hydrogens (primary N) is 1. The van der Waals surface area contributed by atoms with E-state index in [2.05, 4.69) is 34.4 Å². The van der Waals surface area contributed by atoms with Crippen LogP contribution in [-0.4, -0.2) is 23.1 Å². The quantitative estimate of drug-likeness (QED) is 0.735. The Morgan fingerprint density at radius 3 is 2.63 bits per heavy atom. The van der Waals surface area contributed by atoms with E-state index in [1.165, 1.54) is 19.3 Å². The molecule has 2 atom stereocenters. The van der Waals surface area contributed by atoms with Gasteiger partial charge in [0, 0.05) is 19.2 Å². The maximum atomic E-state index is 5.73. The number of nitrogens with zero attached hydrogens (tertiary/aromatic N) is 2. The Bertz CT molecular complexity index is 407. The number of nitrogen functional groups attached to an aromatic ring is 1. The standard InChI is InChI=1S/C14H25N5/c1-3-6-16-12-8-13(19-14(15)18-12)17-9-11-5-4-10(2)7-11/h8,10-11H,3-7,9H2,1-2H3,(H4,15,16,17,18,19). The molecule has 1 aliphatic carbocycles. The van der Waals surface area contributed by atoms with Crippen molar-refractivity contribution in [3.8, 4) is 0 Å². The molecule has 4 N–H and O–H groups in total. The van der Waals surface area contributed by atoms with Crippen LogP contribution in [0.5, 0.6) is 0 Å². The Balaban J connectivity index is 1.90. The molecule has 106 valence electrons. The van der Waals surface area contributed by atoms with Gasteiger partial charge in [-0.05, 0) is 31.1 Å². The molecule has 2 unspecified atom stereocenters. The Hall–Kier alpha value is -1.52. The van der Waals surface area contributed by atoms with E-state index in [0.717, 1.165) is 43.0 Å². The number of aromatic nitrogens is 2. The molecule has 1 aromatic rings. The van der Waals surface area contributed by atoms with Gasteiger partial charge in [-0.25, -0.2) is 0 Å². The molecule has 1 aliphatic rings. The van der Waals surface area contributed by atoms with E-state index in [9.17, 15) is 0 Å². The SMILES string of the molecule is CCCNc1cc(NCC2CCC(C)C2)nc(N)n1. The van der Waals surface area contributed by atoms with Gasteiger partial charge in [-0.3, -0.25) is 0 Å². The van der Waals surface area contributed by atoms with Gasteiger partial charge in [0.25, 0.3) is 0 Å². The minimum atomic E-state index is 0.323. The van der Waals surface area contributed by atoms with Crippen LogP contribution in [0, 0.1) is 11.8 Å². The summed E-state index contributed by atoms with van der Waals surface area (Å²) in [6.07, 6.45) is 5.04. The van der Waals surface area contributed by atoms with Crippen molar-refractivity contribution in [1.82, 2.24) is 9.97 Å². The van der Waals surface area contributed by atoms with E-state index in [-0.39, 0.29) is 0 Å². The fourth-order valence-corrected chi connectivity index (χ4v) is 2.66. The van der Waals surface area contributed by atoms with E-state index in [1.807, 2.05) is 6.07 Å². The topological polar surface area (TPSA) is 75.9 Å². The summed E-state index contributed by atoms with van der Waals surface area (Å²) in [6.45, 7) is 6.33. The molecule has 5 nitrogen and oxygen atoms in total. The number of hydrogen-bond donors (Lipinski definition) is 3. The summed E-state index contributed by atoms with van der Waals surface area (Å²) in [5, 5.41) is 6.63. The Morgan fingerprint density at radius 1 is 1.26 bits per heavy atom. The van der Waals surface area contributed by atoms with Crippen molar-refractivity contribution in [2.45, 2.75) is 39.5 Å². The van der Waals surface area contributed by atoms with Crippen LogP contribution in [-0.2, 0) is 0 Å². The van der Waals surface area contributed by atoms with Gasteiger partial charge in [-0.2, -0.15) is 9.97 Å². The first-order valence-electron chi connectivity index (χ1n) is 7.29. The van der Waals surface area contributed by atoms with Gasteiger partial charge in [0.05, 0.1) is 0 Å². The van der Waals surface area contributed by atoms with Gasteiger partial charge < -0.3 is 16.4 Å². The van der Waals surface area contributed by atoms with Gasteiger partial charge in [0.2, 0.25) is 5.95 Å². The van der Waals surface area contributed by atoms with Crippen molar-refractivity contribution in [3.63, 3.8) is 0 Å². The van der Waals surface area contributed by atoms with Crippen molar-refractivity contribution in [2.75, 3.05) is 29.5 Å². The second-order valence-electron chi connectivity index (χ2n) is 5.59. The average Bonchev–Trinajstić information content (AvgIpc) is 2.79. The summed E-state index contributed by atoms with van der Waals surface area (Å²) < 4.78 is 0. The number of anilines is 3. The molecule has 1 fully saturated rings. The molecule has 1 saturated carbocycles. The summed E-state index contributed by atoms with van der Waals surface area (Å²) in [7, 11) is 0. The molecule has 0 aromatic carbocycles. The molecule has 0 amide bonds. The van der Waals surface area contributed by atoms with Gasteiger partial charge in [0.1, 0.15) is 11.6 Å². The van der Waals surface area contributed by atoms with Crippen LogP contribution in [0.15, 0.2) is 6.07 Å². The van der Waals surface area contributed by atoms with Crippen LogP contribution >= 0.6 is 0 Å². The molecule has 1 heterocycles. The monoisotopic (exact) mass is 263 g/mol. The van der Waals surface area contributed by atoms with Crippen molar-refractivity contribution in [3.05, 3.63) is 6.07 Å². The molecule has 5 heteroatoms. The van der Waals surface area contributed by atoms with Crippen LogP contribution < -0.4 is 16.4 Å². The van der Waals surface area contributed by atoms with E-state index < -0.39 is 0 Å². The maximum absolute atomic E-state index is 5.73.